The van der Waals surface area contributed by atoms with E-state index in [0.717, 1.165) is 10.2 Å². The van der Waals surface area contributed by atoms with Crippen LogP contribution in [0.5, 0.6) is 11.5 Å². The molecule has 0 atom stereocenters. The number of hydrogen-bond acceptors (Lipinski definition) is 7. The molecule has 0 unspecified atom stereocenters. The Labute approximate surface area is 190 Å². The van der Waals surface area contributed by atoms with E-state index in [9.17, 15) is 9.59 Å². The summed E-state index contributed by atoms with van der Waals surface area (Å²) in [4.78, 5) is 29.4. The number of aromatic nitrogens is 1. The smallest absolute Gasteiger partial charge is 0.338 e. The molecule has 2 aromatic carbocycles. The monoisotopic (exact) mass is 458 g/mol. The Morgan fingerprint density at radius 2 is 1.88 bits per heavy atom. The van der Waals surface area contributed by atoms with Crippen molar-refractivity contribution in [2.75, 3.05) is 33.5 Å². The Morgan fingerprint density at radius 1 is 1.06 bits per heavy atom. The summed E-state index contributed by atoms with van der Waals surface area (Å²) in [6.07, 6.45) is 0. The number of methoxy groups -OCH3 is 1. The van der Waals surface area contributed by atoms with Gasteiger partial charge in [-0.05, 0) is 44.2 Å². The van der Waals surface area contributed by atoms with Gasteiger partial charge < -0.3 is 23.5 Å². The van der Waals surface area contributed by atoms with Gasteiger partial charge in [0, 0.05) is 19.2 Å². The zero-order valence-electron chi connectivity index (χ0n) is 18.3. The van der Waals surface area contributed by atoms with Gasteiger partial charge in [0.05, 0.1) is 36.1 Å². The second-order valence-electron chi connectivity index (χ2n) is 6.61. The fourth-order valence-electron chi connectivity index (χ4n) is 2.99. The van der Waals surface area contributed by atoms with Crippen LogP contribution in [0.2, 0.25) is 0 Å². The molecule has 1 heterocycles. The van der Waals surface area contributed by atoms with Crippen LogP contribution in [0.25, 0.3) is 10.2 Å². The van der Waals surface area contributed by atoms with Crippen LogP contribution in [0.4, 0.5) is 0 Å². The van der Waals surface area contributed by atoms with Gasteiger partial charge in [0.1, 0.15) is 11.5 Å². The summed E-state index contributed by atoms with van der Waals surface area (Å²) in [6.45, 7) is 5.37. The standard InChI is InChI=1S/C23H26N2O6S/c1-4-29-12-11-25-19-10-9-16(22(27)30-5-2)13-20(19)32-23(25)24-21(26)15-31-18-8-6-7-17(14-18)28-3/h6-10,13-14H,4-5,11-12,15H2,1-3H3. The van der Waals surface area contributed by atoms with Gasteiger partial charge >= 0.3 is 5.97 Å². The van der Waals surface area contributed by atoms with Crippen molar-refractivity contribution >= 4 is 33.4 Å². The maximum atomic E-state index is 12.5. The maximum absolute atomic E-state index is 12.5. The molecular weight excluding hydrogens is 432 g/mol. The number of benzene rings is 2. The number of nitrogens with zero attached hydrogens (tertiary/aromatic N) is 2. The van der Waals surface area contributed by atoms with E-state index in [1.54, 1.807) is 50.4 Å². The quantitative estimate of drug-likeness (QED) is 0.342. The Balaban J connectivity index is 1.87. The Morgan fingerprint density at radius 3 is 2.62 bits per heavy atom. The Bertz CT molecular complexity index is 1150. The van der Waals surface area contributed by atoms with Crippen molar-refractivity contribution < 1.29 is 28.5 Å². The molecule has 0 bridgehead atoms. The van der Waals surface area contributed by atoms with Gasteiger partial charge in [-0.15, -0.1) is 0 Å². The van der Waals surface area contributed by atoms with Crippen molar-refractivity contribution in [3.05, 3.63) is 52.8 Å². The predicted octanol–water partition coefficient (Wildman–Crippen LogP) is 3.43. The van der Waals surface area contributed by atoms with Crippen molar-refractivity contribution in [3.63, 3.8) is 0 Å². The van der Waals surface area contributed by atoms with Crippen LogP contribution in [0.3, 0.4) is 0 Å². The van der Waals surface area contributed by atoms with Crippen LogP contribution in [0.15, 0.2) is 47.5 Å². The predicted molar refractivity (Wildman–Crippen MR) is 121 cm³/mol. The van der Waals surface area contributed by atoms with Gasteiger partial charge in [-0.25, -0.2) is 4.79 Å². The summed E-state index contributed by atoms with van der Waals surface area (Å²) in [5.41, 5.74) is 1.32. The van der Waals surface area contributed by atoms with Crippen molar-refractivity contribution in [2.45, 2.75) is 20.4 Å². The van der Waals surface area contributed by atoms with Crippen LogP contribution in [-0.2, 0) is 20.8 Å². The molecule has 3 aromatic rings. The van der Waals surface area contributed by atoms with Gasteiger partial charge in [0.15, 0.2) is 11.4 Å². The molecule has 0 saturated carbocycles. The molecule has 0 aliphatic heterocycles. The highest BCUT2D eigenvalue weighted by molar-refractivity contribution is 7.16. The molecule has 0 radical (unpaired) electrons. The number of carbonyl (C=O) groups is 2. The molecule has 0 aliphatic carbocycles. The van der Waals surface area contributed by atoms with E-state index in [4.69, 9.17) is 18.9 Å². The molecule has 1 aromatic heterocycles. The van der Waals surface area contributed by atoms with Gasteiger partial charge in [-0.2, -0.15) is 4.99 Å². The van der Waals surface area contributed by atoms with Crippen molar-refractivity contribution in [3.8, 4) is 11.5 Å². The van der Waals surface area contributed by atoms with Gasteiger partial charge in [0.25, 0.3) is 5.91 Å². The van der Waals surface area contributed by atoms with Gasteiger partial charge in [-0.3, -0.25) is 4.79 Å². The fourth-order valence-corrected chi connectivity index (χ4v) is 4.10. The Hall–Kier alpha value is -3.17. The highest BCUT2D eigenvalue weighted by atomic mass is 32.1. The lowest BCUT2D eigenvalue weighted by molar-refractivity contribution is -0.120. The first-order chi connectivity index (χ1) is 15.5. The number of fused-ring (bicyclic) bond motifs is 1. The van der Waals surface area contributed by atoms with E-state index >= 15 is 0 Å². The van der Waals surface area contributed by atoms with E-state index in [2.05, 4.69) is 4.99 Å². The largest absolute Gasteiger partial charge is 0.497 e. The number of rotatable bonds is 10. The molecule has 1 amide bonds. The first-order valence-electron chi connectivity index (χ1n) is 10.3. The SMILES string of the molecule is CCOCCn1c(=NC(=O)COc2cccc(OC)c2)sc2cc(C(=O)OCC)ccc21. The van der Waals surface area contributed by atoms with Crippen LogP contribution in [0, 0.1) is 0 Å². The van der Waals surface area contributed by atoms with Crippen LogP contribution in [0.1, 0.15) is 24.2 Å². The summed E-state index contributed by atoms with van der Waals surface area (Å²) in [5.74, 6) is 0.357. The second kappa shape index (κ2) is 11.4. The van der Waals surface area contributed by atoms with E-state index in [-0.39, 0.29) is 12.6 Å². The molecular formula is C23H26N2O6S. The minimum absolute atomic E-state index is 0.207. The number of ether oxygens (including phenoxy) is 4. The molecule has 3 rings (SSSR count). The molecule has 0 fully saturated rings. The van der Waals surface area contributed by atoms with Gasteiger partial charge in [0.2, 0.25) is 0 Å². The zero-order chi connectivity index (χ0) is 22.9. The summed E-state index contributed by atoms with van der Waals surface area (Å²) in [5, 5.41) is 0. The minimum Gasteiger partial charge on any atom is -0.497 e. The van der Waals surface area contributed by atoms with E-state index in [1.165, 1.54) is 11.3 Å². The molecule has 8 nitrogen and oxygen atoms in total. The molecule has 9 heteroatoms. The lowest BCUT2D eigenvalue weighted by Crippen LogP contribution is -2.21. The normalized spacial score (nSPS) is 11.5. The average molecular weight is 459 g/mol. The van der Waals surface area contributed by atoms with Crippen molar-refractivity contribution in [1.82, 2.24) is 4.57 Å². The van der Waals surface area contributed by atoms with Crippen LogP contribution in [-0.4, -0.2) is 50.0 Å². The zero-order valence-corrected chi connectivity index (χ0v) is 19.1. The van der Waals surface area contributed by atoms with E-state index in [0.29, 0.717) is 48.2 Å². The highest BCUT2D eigenvalue weighted by Gasteiger charge is 2.13. The van der Waals surface area contributed by atoms with Crippen LogP contribution >= 0.6 is 11.3 Å². The number of esters is 1. The molecule has 0 aliphatic rings. The lowest BCUT2D eigenvalue weighted by atomic mass is 10.2. The third kappa shape index (κ3) is 5.95. The third-order valence-corrected chi connectivity index (χ3v) is 5.52. The first-order valence-corrected chi connectivity index (χ1v) is 11.1. The lowest BCUT2D eigenvalue weighted by Gasteiger charge is -2.07. The number of carbonyl (C=O) groups excluding carboxylic acids is 2. The van der Waals surface area contributed by atoms with Crippen molar-refractivity contribution in [2.24, 2.45) is 4.99 Å². The number of amides is 1. The molecule has 0 N–H and O–H groups in total. The first kappa shape index (κ1) is 23.5. The summed E-state index contributed by atoms with van der Waals surface area (Å²) < 4.78 is 24.0. The van der Waals surface area contributed by atoms with Crippen LogP contribution < -0.4 is 14.3 Å². The van der Waals surface area contributed by atoms with Crippen molar-refractivity contribution in [1.29, 1.82) is 0 Å². The summed E-state index contributed by atoms with van der Waals surface area (Å²) in [7, 11) is 1.56. The minimum atomic E-state index is -0.421. The fraction of sp³-hybridized carbons (Fsp3) is 0.348. The topological polar surface area (TPSA) is 88.4 Å². The number of thiazole rings is 1. The van der Waals surface area contributed by atoms with E-state index in [1.807, 2.05) is 17.6 Å². The number of hydrogen-bond donors (Lipinski definition) is 0. The second-order valence-corrected chi connectivity index (χ2v) is 7.62. The highest BCUT2D eigenvalue weighted by Crippen LogP contribution is 2.21. The molecule has 0 spiro atoms. The van der Waals surface area contributed by atoms with E-state index < -0.39 is 5.91 Å². The average Bonchev–Trinajstić information content (AvgIpc) is 3.14. The molecule has 170 valence electrons. The summed E-state index contributed by atoms with van der Waals surface area (Å²) in [6, 6.07) is 12.3. The third-order valence-electron chi connectivity index (χ3n) is 4.48. The molecule has 32 heavy (non-hydrogen) atoms. The summed E-state index contributed by atoms with van der Waals surface area (Å²) >= 11 is 1.32. The van der Waals surface area contributed by atoms with Gasteiger partial charge in [-0.1, -0.05) is 17.4 Å². The molecule has 0 saturated heterocycles. The Kier molecular flexibility index (Phi) is 8.41. The maximum Gasteiger partial charge on any atom is 0.338 e.